The van der Waals surface area contributed by atoms with Crippen LogP contribution >= 0.6 is 0 Å². The van der Waals surface area contributed by atoms with E-state index in [-0.39, 0.29) is 10.8 Å². The molecule has 0 aliphatic heterocycles. The topological polar surface area (TPSA) is 66.4 Å². The molecule has 0 aliphatic carbocycles. The number of carboxylic acids is 1. The zero-order valence-corrected chi connectivity index (χ0v) is 11.0. The molecule has 2 N–H and O–H groups in total. The lowest BCUT2D eigenvalue weighted by Gasteiger charge is -2.13. The highest BCUT2D eigenvalue weighted by Gasteiger charge is 2.12. The van der Waals surface area contributed by atoms with Gasteiger partial charge < -0.3 is 10.4 Å². The van der Waals surface area contributed by atoms with Crippen LogP contribution in [0.4, 0.5) is 5.69 Å². The Morgan fingerprint density at radius 1 is 1.53 bits per heavy atom. The van der Waals surface area contributed by atoms with E-state index < -0.39 is 16.8 Å². The van der Waals surface area contributed by atoms with E-state index in [9.17, 15) is 9.00 Å². The molecule has 17 heavy (non-hydrogen) atoms. The van der Waals surface area contributed by atoms with Gasteiger partial charge in [-0.25, -0.2) is 4.79 Å². The molecule has 1 aromatic carbocycles. The highest BCUT2D eigenvalue weighted by atomic mass is 32.2. The molecular weight excluding hydrogens is 238 g/mol. The molecule has 0 bridgehead atoms. The molecule has 0 aliphatic rings. The first kappa shape index (κ1) is 13.7. The largest absolute Gasteiger partial charge is 0.478 e. The van der Waals surface area contributed by atoms with Gasteiger partial charge in [0.05, 0.1) is 5.56 Å². The van der Waals surface area contributed by atoms with Crippen molar-refractivity contribution in [1.29, 1.82) is 0 Å². The van der Waals surface area contributed by atoms with Crippen molar-refractivity contribution in [1.82, 2.24) is 0 Å². The second-order valence-electron chi connectivity index (χ2n) is 4.04. The third-order valence-electron chi connectivity index (χ3n) is 2.55. The minimum Gasteiger partial charge on any atom is -0.478 e. The molecule has 94 valence electrons. The average molecular weight is 255 g/mol. The molecule has 0 heterocycles. The van der Waals surface area contributed by atoms with Crippen molar-refractivity contribution in [2.45, 2.75) is 19.1 Å². The molecule has 0 aromatic heterocycles. The number of carbonyl (C=O) groups is 1. The number of nitrogens with one attached hydrogen (secondary N) is 1. The smallest absolute Gasteiger partial charge is 0.337 e. The molecule has 0 saturated carbocycles. The standard InChI is InChI=1S/C12H17NO3S/c1-8-4-5-11(10(6-8)12(14)15)13-7-9(2)17(3)16/h4-6,9,13H,7H2,1-3H3,(H,14,15). The van der Waals surface area contributed by atoms with E-state index >= 15 is 0 Å². The highest BCUT2D eigenvalue weighted by Crippen LogP contribution is 2.17. The number of aryl methyl sites for hydroxylation is 1. The minimum absolute atomic E-state index is 0.0158. The molecule has 4 nitrogen and oxygen atoms in total. The van der Waals surface area contributed by atoms with Crippen LogP contribution in [0, 0.1) is 6.92 Å². The van der Waals surface area contributed by atoms with Crippen LogP contribution in [0.5, 0.6) is 0 Å². The molecule has 1 aromatic rings. The molecule has 0 saturated heterocycles. The Bertz CT molecular complexity index is 445. The van der Waals surface area contributed by atoms with E-state index in [1.54, 1.807) is 18.4 Å². The van der Waals surface area contributed by atoms with E-state index in [0.29, 0.717) is 12.2 Å². The minimum atomic E-state index is -0.957. The van der Waals surface area contributed by atoms with Crippen LogP contribution in [-0.4, -0.2) is 33.3 Å². The van der Waals surface area contributed by atoms with Gasteiger partial charge in [0.2, 0.25) is 0 Å². The van der Waals surface area contributed by atoms with Crippen LogP contribution in [0.3, 0.4) is 0 Å². The van der Waals surface area contributed by atoms with Gasteiger partial charge in [-0.05, 0) is 26.0 Å². The monoisotopic (exact) mass is 255 g/mol. The number of hydrogen-bond donors (Lipinski definition) is 2. The number of aromatic carboxylic acids is 1. The first-order valence-corrected chi connectivity index (χ1v) is 6.94. The van der Waals surface area contributed by atoms with Crippen molar-refractivity contribution in [3.8, 4) is 0 Å². The fourth-order valence-electron chi connectivity index (χ4n) is 1.36. The summed E-state index contributed by atoms with van der Waals surface area (Å²) in [7, 11) is -0.916. The maximum absolute atomic E-state index is 11.2. The maximum atomic E-state index is 11.2. The first-order valence-electron chi connectivity index (χ1n) is 5.32. The second kappa shape index (κ2) is 5.82. The Labute approximate surface area is 104 Å². The Kier molecular flexibility index (Phi) is 4.69. The van der Waals surface area contributed by atoms with E-state index in [4.69, 9.17) is 5.11 Å². The lowest BCUT2D eigenvalue weighted by molar-refractivity contribution is 0.0698. The summed E-state index contributed by atoms with van der Waals surface area (Å²) in [5.74, 6) is -0.957. The van der Waals surface area contributed by atoms with Gasteiger partial charge >= 0.3 is 5.97 Å². The zero-order chi connectivity index (χ0) is 13.0. The van der Waals surface area contributed by atoms with Crippen LogP contribution in [0.2, 0.25) is 0 Å². The van der Waals surface area contributed by atoms with E-state index in [1.807, 2.05) is 19.9 Å². The van der Waals surface area contributed by atoms with Crippen molar-refractivity contribution in [2.75, 3.05) is 18.1 Å². The summed E-state index contributed by atoms with van der Waals surface area (Å²) in [6.45, 7) is 4.20. The summed E-state index contributed by atoms with van der Waals surface area (Å²) in [6, 6.07) is 5.21. The van der Waals surface area contributed by atoms with Gasteiger partial charge in [-0.2, -0.15) is 0 Å². The molecule has 2 unspecified atom stereocenters. The maximum Gasteiger partial charge on any atom is 0.337 e. The molecule has 5 heteroatoms. The summed E-state index contributed by atoms with van der Waals surface area (Å²) in [5, 5.41) is 12.1. The van der Waals surface area contributed by atoms with Crippen molar-refractivity contribution < 1.29 is 14.1 Å². The van der Waals surface area contributed by atoms with Crippen molar-refractivity contribution in [3.63, 3.8) is 0 Å². The number of hydrogen-bond acceptors (Lipinski definition) is 3. The molecule has 0 radical (unpaired) electrons. The summed E-state index contributed by atoms with van der Waals surface area (Å²) < 4.78 is 11.2. The van der Waals surface area contributed by atoms with Gasteiger partial charge in [-0.15, -0.1) is 0 Å². The van der Waals surface area contributed by atoms with Gasteiger partial charge in [0.1, 0.15) is 0 Å². The van der Waals surface area contributed by atoms with Gasteiger partial charge in [0.15, 0.2) is 0 Å². The number of carboxylic acid groups (broad SMARTS) is 1. The number of rotatable bonds is 5. The molecule has 0 spiro atoms. The number of benzene rings is 1. The van der Waals surface area contributed by atoms with Gasteiger partial charge in [0, 0.05) is 34.5 Å². The van der Waals surface area contributed by atoms with Crippen LogP contribution in [-0.2, 0) is 10.8 Å². The van der Waals surface area contributed by atoms with Crippen LogP contribution < -0.4 is 5.32 Å². The summed E-state index contributed by atoms with van der Waals surface area (Å²) in [6.07, 6.45) is 1.64. The first-order chi connectivity index (χ1) is 7.91. The predicted molar refractivity (Wildman–Crippen MR) is 70.2 cm³/mol. The zero-order valence-electron chi connectivity index (χ0n) is 10.2. The van der Waals surface area contributed by atoms with Crippen molar-refractivity contribution >= 4 is 22.5 Å². The van der Waals surface area contributed by atoms with Gasteiger partial charge in [-0.1, -0.05) is 11.6 Å². The Balaban J connectivity index is 2.84. The third-order valence-corrected chi connectivity index (χ3v) is 3.85. The molecule has 2 atom stereocenters. The van der Waals surface area contributed by atoms with Crippen LogP contribution in [0.15, 0.2) is 18.2 Å². The Morgan fingerprint density at radius 2 is 2.18 bits per heavy atom. The van der Waals surface area contributed by atoms with E-state index in [1.165, 1.54) is 0 Å². The third kappa shape index (κ3) is 3.85. The normalized spacial score (nSPS) is 14.1. The second-order valence-corrected chi connectivity index (χ2v) is 5.85. The molecular formula is C12H17NO3S. The lowest BCUT2D eigenvalue weighted by atomic mass is 10.1. The summed E-state index contributed by atoms with van der Waals surface area (Å²) >= 11 is 0. The number of anilines is 1. The SMILES string of the molecule is Cc1ccc(NCC(C)S(C)=O)c(C(=O)O)c1. The predicted octanol–water partition coefficient (Wildman–Crippen LogP) is 1.87. The molecule has 0 fully saturated rings. The van der Waals surface area contributed by atoms with Crippen molar-refractivity contribution in [3.05, 3.63) is 29.3 Å². The van der Waals surface area contributed by atoms with Crippen LogP contribution in [0.1, 0.15) is 22.8 Å². The van der Waals surface area contributed by atoms with E-state index in [0.717, 1.165) is 5.56 Å². The molecule has 0 amide bonds. The average Bonchev–Trinajstić information content (AvgIpc) is 2.26. The van der Waals surface area contributed by atoms with Gasteiger partial charge in [0.25, 0.3) is 0 Å². The quantitative estimate of drug-likeness (QED) is 0.843. The summed E-state index contributed by atoms with van der Waals surface area (Å²) in [5.41, 5.74) is 1.72. The fourth-order valence-corrected chi connectivity index (χ4v) is 1.68. The van der Waals surface area contributed by atoms with Gasteiger partial charge in [-0.3, -0.25) is 4.21 Å². The van der Waals surface area contributed by atoms with Crippen molar-refractivity contribution in [2.24, 2.45) is 0 Å². The Hall–Kier alpha value is -1.36. The summed E-state index contributed by atoms with van der Waals surface area (Å²) in [4.78, 5) is 11.1. The Morgan fingerprint density at radius 3 is 2.71 bits per heavy atom. The molecule has 1 rings (SSSR count). The highest BCUT2D eigenvalue weighted by molar-refractivity contribution is 7.84. The van der Waals surface area contributed by atoms with E-state index in [2.05, 4.69) is 5.32 Å². The fraction of sp³-hybridized carbons (Fsp3) is 0.417. The van der Waals surface area contributed by atoms with Crippen LogP contribution in [0.25, 0.3) is 0 Å². The lowest BCUT2D eigenvalue weighted by Crippen LogP contribution is -2.21.